The van der Waals surface area contributed by atoms with Crippen LogP contribution in [-0.4, -0.2) is 38.0 Å². The van der Waals surface area contributed by atoms with Gasteiger partial charge in [0, 0.05) is 29.2 Å². The van der Waals surface area contributed by atoms with Crippen LogP contribution in [0.15, 0.2) is 65.0 Å². The van der Waals surface area contributed by atoms with Crippen LogP contribution in [0.3, 0.4) is 0 Å². The van der Waals surface area contributed by atoms with Gasteiger partial charge in [-0.05, 0) is 18.6 Å². The normalized spacial score (nSPS) is 11.2. The first kappa shape index (κ1) is 19.7. The van der Waals surface area contributed by atoms with Crippen molar-refractivity contribution < 1.29 is 4.79 Å². The van der Waals surface area contributed by atoms with E-state index in [2.05, 4.69) is 36.0 Å². The Balaban J connectivity index is 1.24. The van der Waals surface area contributed by atoms with Gasteiger partial charge in [0.2, 0.25) is 17.0 Å². The van der Waals surface area contributed by atoms with E-state index in [-0.39, 0.29) is 11.7 Å². The van der Waals surface area contributed by atoms with E-state index in [0.717, 1.165) is 22.0 Å². The standard InChI is InChI=1S/C21H21N7OS/c1-14-6-8-15(9-7-14)10-23-19(29)13-30-21-25-20(27-28-21)26-24-12-16-11-22-18-5-3-2-4-17(16)18/h2-9,11-12,22H,10,13H2,1H3,(H,23,29)(H2,25,26,27,28)/b24-12+. The number of hydrogen-bond acceptors (Lipinski definition) is 6. The number of carbonyl (C=O) groups is 1. The minimum absolute atomic E-state index is 0.0720. The molecule has 0 aliphatic rings. The molecule has 0 atom stereocenters. The molecule has 0 unspecified atom stereocenters. The number of hydrogen-bond donors (Lipinski definition) is 4. The van der Waals surface area contributed by atoms with E-state index < -0.39 is 0 Å². The van der Waals surface area contributed by atoms with Crippen LogP contribution in [0.4, 0.5) is 5.95 Å². The number of amides is 1. The van der Waals surface area contributed by atoms with Crippen molar-refractivity contribution in [1.82, 2.24) is 25.5 Å². The fourth-order valence-corrected chi connectivity index (χ4v) is 3.44. The molecular formula is C21H21N7OS. The van der Waals surface area contributed by atoms with Gasteiger partial charge in [-0.15, -0.1) is 5.10 Å². The average molecular weight is 420 g/mol. The highest BCUT2D eigenvalue weighted by atomic mass is 32.2. The first-order valence-electron chi connectivity index (χ1n) is 9.40. The van der Waals surface area contributed by atoms with E-state index in [4.69, 9.17) is 0 Å². The van der Waals surface area contributed by atoms with Gasteiger partial charge >= 0.3 is 0 Å². The number of H-pyrrole nitrogens is 2. The summed E-state index contributed by atoms with van der Waals surface area (Å²) in [6.07, 6.45) is 3.61. The Morgan fingerprint density at radius 1 is 1.20 bits per heavy atom. The van der Waals surface area contributed by atoms with Crippen LogP contribution in [0.1, 0.15) is 16.7 Å². The molecule has 152 valence electrons. The van der Waals surface area contributed by atoms with Crippen molar-refractivity contribution >= 4 is 40.7 Å². The summed E-state index contributed by atoms with van der Waals surface area (Å²) in [5.74, 6) is 0.577. The molecule has 8 nitrogen and oxygen atoms in total. The van der Waals surface area contributed by atoms with Crippen molar-refractivity contribution in [1.29, 1.82) is 0 Å². The smallest absolute Gasteiger partial charge is 0.240 e. The van der Waals surface area contributed by atoms with E-state index in [1.54, 1.807) is 6.21 Å². The molecule has 0 radical (unpaired) electrons. The van der Waals surface area contributed by atoms with Gasteiger partial charge in [-0.1, -0.05) is 59.8 Å². The fraction of sp³-hybridized carbons (Fsp3) is 0.143. The molecule has 0 aliphatic carbocycles. The Morgan fingerprint density at radius 2 is 2.03 bits per heavy atom. The largest absolute Gasteiger partial charge is 0.361 e. The highest BCUT2D eigenvalue weighted by Crippen LogP contribution is 2.16. The predicted molar refractivity (Wildman–Crippen MR) is 120 cm³/mol. The van der Waals surface area contributed by atoms with Crippen LogP contribution in [0.5, 0.6) is 0 Å². The second-order valence-electron chi connectivity index (χ2n) is 6.68. The first-order valence-corrected chi connectivity index (χ1v) is 10.4. The molecule has 0 bridgehead atoms. The number of carbonyl (C=O) groups excluding carboxylic acids is 1. The maximum atomic E-state index is 12.0. The van der Waals surface area contributed by atoms with Crippen molar-refractivity contribution in [3.63, 3.8) is 0 Å². The number of para-hydroxylation sites is 1. The van der Waals surface area contributed by atoms with E-state index >= 15 is 0 Å². The van der Waals surface area contributed by atoms with E-state index in [9.17, 15) is 4.79 Å². The van der Waals surface area contributed by atoms with Crippen molar-refractivity contribution in [3.05, 3.63) is 71.4 Å². The van der Waals surface area contributed by atoms with Crippen molar-refractivity contribution in [2.24, 2.45) is 5.10 Å². The number of rotatable bonds is 8. The Morgan fingerprint density at radius 3 is 2.90 bits per heavy atom. The van der Waals surface area contributed by atoms with E-state index in [1.165, 1.54) is 17.3 Å². The molecule has 0 aliphatic heterocycles. The highest BCUT2D eigenvalue weighted by Gasteiger charge is 2.07. The summed E-state index contributed by atoms with van der Waals surface area (Å²) in [4.78, 5) is 19.5. The number of aromatic nitrogens is 4. The minimum atomic E-state index is -0.0720. The van der Waals surface area contributed by atoms with E-state index in [1.807, 2.05) is 61.7 Å². The molecular weight excluding hydrogens is 398 g/mol. The molecule has 4 rings (SSSR count). The van der Waals surface area contributed by atoms with Crippen LogP contribution in [0.2, 0.25) is 0 Å². The summed E-state index contributed by atoms with van der Waals surface area (Å²) in [6.45, 7) is 2.54. The third-order valence-electron chi connectivity index (χ3n) is 4.40. The monoisotopic (exact) mass is 419 g/mol. The SMILES string of the molecule is Cc1ccc(CNC(=O)CSc2n[nH]c(N/N=C/c3c[nH]c4ccccc34)n2)cc1. The second kappa shape index (κ2) is 9.27. The number of aromatic amines is 2. The van der Waals surface area contributed by atoms with Crippen molar-refractivity contribution in [2.45, 2.75) is 18.6 Å². The zero-order valence-electron chi connectivity index (χ0n) is 16.3. The summed E-state index contributed by atoms with van der Waals surface area (Å²) >= 11 is 1.26. The van der Waals surface area contributed by atoms with Gasteiger partial charge in [-0.25, -0.2) is 10.5 Å². The number of aryl methyl sites for hydroxylation is 1. The third-order valence-corrected chi connectivity index (χ3v) is 5.25. The lowest BCUT2D eigenvalue weighted by Crippen LogP contribution is -2.24. The number of nitrogens with zero attached hydrogens (tertiary/aromatic N) is 3. The molecule has 1 amide bonds. The van der Waals surface area contributed by atoms with Crippen LogP contribution >= 0.6 is 11.8 Å². The quantitative estimate of drug-likeness (QED) is 0.199. The Kier molecular flexibility index (Phi) is 6.09. The predicted octanol–water partition coefficient (Wildman–Crippen LogP) is 3.45. The maximum absolute atomic E-state index is 12.0. The van der Waals surface area contributed by atoms with Crippen LogP contribution in [0.25, 0.3) is 10.9 Å². The summed E-state index contributed by atoms with van der Waals surface area (Å²) in [7, 11) is 0. The maximum Gasteiger partial charge on any atom is 0.240 e. The molecule has 4 aromatic rings. The molecule has 2 aromatic heterocycles. The molecule has 0 fully saturated rings. The Hall–Kier alpha value is -3.59. The molecule has 30 heavy (non-hydrogen) atoms. The first-order chi connectivity index (χ1) is 14.7. The number of fused-ring (bicyclic) bond motifs is 1. The number of thioether (sulfide) groups is 1. The van der Waals surface area contributed by atoms with Gasteiger partial charge in [-0.2, -0.15) is 10.1 Å². The summed E-state index contributed by atoms with van der Waals surface area (Å²) in [5, 5.41) is 15.5. The van der Waals surface area contributed by atoms with Crippen LogP contribution in [0, 0.1) is 6.92 Å². The highest BCUT2D eigenvalue weighted by molar-refractivity contribution is 7.99. The lowest BCUT2D eigenvalue weighted by molar-refractivity contribution is -0.118. The molecule has 0 saturated carbocycles. The number of benzene rings is 2. The lowest BCUT2D eigenvalue weighted by atomic mass is 10.1. The number of anilines is 1. The third kappa shape index (κ3) is 5.06. The lowest BCUT2D eigenvalue weighted by Gasteiger charge is -2.04. The zero-order chi connectivity index (χ0) is 20.8. The summed E-state index contributed by atoms with van der Waals surface area (Å²) in [6, 6.07) is 16.1. The molecule has 4 N–H and O–H groups in total. The molecule has 2 heterocycles. The Bertz CT molecular complexity index is 1160. The van der Waals surface area contributed by atoms with Gasteiger partial charge in [0.05, 0.1) is 12.0 Å². The second-order valence-corrected chi connectivity index (χ2v) is 7.62. The molecule has 9 heteroatoms. The van der Waals surface area contributed by atoms with Gasteiger partial charge in [0.15, 0.2) is 0 Å². The van der Waals surface area contributed by atoms with Crippen molar-refractivity contribution in [2.75, 3.05) is 11.2 Å². The number of nitrogens with one attached hydrogen (secondary N) is 4. The molecule has 2 aromatic carbocycles. The van der Waals surface area contributed by atoms with Crippen LogP contribution < -0.4 is 10.7 Å². The summed E-state index contributed by atoms with van der Waals surface area (Å²) in [5.41, 5.74) is 7.10. The van der Waals surface area contributed by atoms with E-state index in [0.29, 0.717) is 17.6 Å². The van der Waals surface area contributed by atoms with Crippen LogP contribution in [-0.2, 0) is 11.3 Å². The van der Waals surface area contributed by atoms with Crippen molar-refractivity contribution in [3.8, 4) is 0 Å². The fourth-order valence-electron chi connectivity index (χ4n) is 2.81. The average Bonchev–Trinajstić information content (AvgIpc) is 3.39. The topological polar surface area (TPSA) is 111 Å². The molecule has 0 saturated heterocycles. The zero-order valence-corrected chi connectivity index (χ0v) is 17.2. The van der Waals surface area contributed by atoms with Gasteiger partial charge in [0.25, 0.3) is 0 Å². The molecule has 0 spiro atoms. The van der Waals surface area contributed by atoms with Gasteiger partial charge in [-0.3, -0.25) is 4.79 Å². The number of hydrazone groups is 1. The van der Waals surface area contributed by atoms with Gasteiger partial charge in [0.1, 0.15) is 0 Å². The Labute approximate surface area is 177 Å². The summed E-state index contributed by atoms with van der Waals surface area (Å²) < 4.78 is 0. The minimum Gasteiger partial charge on any atom is -0.361 e. The van der Waals surface area contributed by atoms with Gasteiger partial charge < -0.3 is 10.3 Å².